The normalized spacial score (nSPS) is 11.3. The van der Waals surface area contributed by atoms with E-state index in [0.29, 0.717) is 10.6 Å². The smallest absolute Gasteiger partial charge is 0.265 e. The van der Waals surface area contributed by atoms with Gasteiger partial charge >= 0.3 is 0 Å². The van der Waals surface area contributed by atoms with Gasteiger partial charge in [0, 0.05) is 12.2 Å². The number of carbonyl (C=O) groups excluding carboxylic acids is 1. The minimum Gasteiger partial charge on any atom is -0.323 e. The molecule has 0 bridgehead atoms. The fourth-order valence-electron chi connectivity index (χ4n) is 3.71. The zero-order valence-corrected chi connectivity index (χ0v) is 19.5. The van der Waals surface area contributed by atoms with Gasteiger partial charge in [0.25, 0.3) is 5.91 Å². The lowest BCUT2D eigenvalue weighted by Gasteiger charge is -2.06. The summed E-state index contributed by atoms with van der Waals surface area (Å²) < 4.78 is 2.23. The molecule has 0 saturated carbocycles. The molecular formula is C27H23N5OS. The van der Waals surface area contributed by atoms with Gasteiger partial charge in [-0.2, -0.15) is 10.2 Å². The Bertz CT molecular complexity index is 1450. The van der Waals surface area contributed by atoms with E-state index in [-0.39, 0.29) is 5.91 Å². The van der Waals surface area contributed by atoms with Crippen molar-refractivity contribution < 1.29 is 4.79 Å². The summed E-state index contributed by atoms with van der Waals surface area (Å²) in [4.78, 5) is 19.3. The number of hydrogen-bond acceptors (Lipinski definition) is 5. The molecule has 168 valence electrons. The highest BCUT2D eigenvalue weighted by Crippen LogP contribution is 2.31. The highest BCUT2D eigenvalue weighted by Gasteiger charge is 2.16. The Morgan fingerprint density at radius 3 is 2.35 bits per heavy atom. The van der Waals surface area contributed by atoms with Crippen LogP contribution in [0.15, 0.2) is 101 Å². The van der Waals surface area contributed by atoms with Crippen molar-refractivity contribution in [1.29, 1.82) is 0 Å². The summed E-state index contributed by atoms with van der Waals surface area (Å²) in [5.74, 6) is 0.758. The molecule has 0 saturated heterocycles. The van der Waals surface area contributed by atoms with Crippen molar-refractivity contribution >= 4 is 45.3 Å². The summed E-state index contributed by atoms with van der Waals surface area (Å²) in [6.45, 7) is 3.03. The van der Waals surface area contributed by atoms with Gasteiger partial charge in [-0.1, -0.05) is 37.3 Å². The van der Waals surface area contributed by atoms with Gasteiger partial charge in [0.2, 0.25) is 0 Å². The highest BCUT2D eigenvalue weighted by atomic mass is 32.1. The maximum Gasteiger partial charge on any atom is 0.265 e. The number of nitrogens with zero attached hydrogens (tertiary/aromatic N) is 4. The number of anilines is 1. The molecular weight excluding hydrogens is 442 g/mol. The van der Waals surface area contributed by atoms with Crippen molar-refractivity contribution in [1.82, 2.24) is 9.55 Å². The van der Waals surface area contributed by atoms with E-state index in [4.69, 9.17) is 4.98 Å². The molecule has 5 rings (SSSR count). The van der Waals surface area contributed by atoms with E-state index < -0.39 is 0 Å². The third kappa shape index (κ3) is 4.65. The van der Waals surface area contributed by atoms with Crippen LogP contribution < -0.4 is 5.32 Å². The summed E-state index contributed by atoms with van der Waals surface area (Å²) in [5, 5.41) is 11.4. The van der Waals surface area contributed by atoms with Crippen LogP contribution in [0.4, 0.5) is 17.1 Å². The number of hydrogen-bond donors (Lipinski definition) is 1. The first-order valence-corrected chi connectivity index (χ1v) is 12.0. The predicted molar refractivity (Wildman–Crippen MR) is 138 cm³/mol. The number of aryl methyl sites for hydroxylation is 1. The maximum atomic E-state index is 12.9. The minimum atomic E-state index is -0.145. The first-order valence-electron chi connectivity index (χ1n) is 11.1. The molecule has 7 heteroatoms. The van der Waals surface area contributed by atoms with Crippen LogP contribution in [0.2, 0.25) is 0 Å². The first kappa shape index (κ1) is 21.7. The summed E-state index contributed by atoms with van der Waals surface area (Å²) >= 11 is 1.45. The number of nitrogens with one attached hydrogen (secondary N) is 1. The summed E-state index contributed by atoms with van der Waals surface area (Å²) in [6, 6.07) is 28.8. The number of azo groups is 1. The number of imidazole rings is 1. The molecule has 1 amide bonds. The number of amides is 1. The average Bonchev–Trinajstić information content (AvgIpc) is 3.50. The third-order valence-corrected chi connectivity index (χ3v) is 6.39. The minimum absolute atomic E-state index is 0.145. The zero-order chi connectivity index (χ0) is 23.3. The molecule has 6 nitrogen and oxygen atoms in total. The maximum absolute atomic E-state index is 12.9. The number of benzene rings is 3. The Kier molecular flexibility index (Phi) is 6.27. The van der Waals surface area contributed by atoms with Crippen LogP contribution >= 0.6 is 11.3 Å². The molecule has 34 heavy (non-hydrogen) atoms. The van der Waals surface area contributed by atoms with E-state index in [1.54, 1.807) is 0 Å². The van der Waals surface area contributed by atoms with Gasteiger partial charge in [0.05, 0.1) is 32.2 Å². The molecule has 0 atom stereocenters. The predicted octanol–water partition coefficient (Wildman–Crippen LogP) is 7.84. The van der Waals surface area contributed by atoms with Crippen molar-refractivity contribution in [2.45, 2.75) is 19.9 Å². The van der Waals surface area contributed by atoms with Crippen LogP contribution in [0.3, 0.4) is 0 Å². The molecule has 0 aliphatic carbocycles. The molecule has 0 spiro atoms. The number of aromatic nitrogens is 2. The van der Waals surface area contributed by atoms with Crippen molar-refractivity contribution in [2.75, 3.05) is 5.32 Å². The van der Waals surface area contributed by atoms with Gasteiger partial charge in [-0.05, 0) is 67.1 Å². The summed E-state index contributed by atoms with van der Waals surface area (Å²) in [6.07, 6.45) is 1.01. The second kappa shape index (κ2) is 9.80. The van der Waals surface area contributed by atoms with E-state index in [0.717, 1.165) is 46.1 Å². The van der Waals surface area contributed by atoms with E-state index in [1.807, 2.05) is 84.9 Å². The molecule has 2 aromatic heterocycles. The van der Waals surface area contributed by atoms with E-state index in [1.165, 1.54) is 11.3 Å². The second-order valence-corrected chi connectivity index (χ2v) is 8.86. The highest BCUT2D eigenvalue weighted by molar-refractivity contribution is 7.17. The van der Waals surface area contributed by atoms with E-state index in [2.05, 4.69) is 33.1 Å². The second-order valence-electron chi connectivity index (χ2n) is 7.78. The van der Waals surface area contributed by atoms with Crippen LogP contribution in [0.1, 0.15) is 23.0 Å². The van der Waals surface area contributed by atoms with Crippen molar-refractivity contribution in [2.24, 2.45) is 10.2 Å². The van der Waals surface area contributed by atoms with Gasteiger partial charge < -0.3 is 9.88 Å². The molecule has 1 N–H and O–H groups in total. The number of fused-ring (bicyclic) bond motifs is 1. The Hall–Kier alpha value is -4.10. The first-order chi connectivity index (χ1) is 16.7. The molecule has 0 unspecified atom stereocenters. The lowest BCUT2D eigenvalue weighted by atomic mass is 10.3. The number of carbonyl (C=O) groups is 1. The molecule has 2 heterocycles. The van der Waals surface area contributed by atoms with E-state index in [9.17, 15) is 4.79 Å². The fourth-order valence-corrected chi connectivity index (χ4v) is 4.61. The number of thiophene rings is 1. The van der Waals surface area contributed by atoms with Crippen LogP contribution in [0.25, 0.3) is 21.7 Å². The average molecular weight is 466 g/mol. The van der Waals surface area contributed by atoms with Crippen LogP contribution in [-0.2, 0) is 6.54 Å². The van der Waals surface area contributed by atoms with Crippen LogP contribution in [0.5, 0.6) is 0 Å². The lowest BCUT2D eigenvalue weighted by molar-refractivity contribution is 0.103. The van der Waals surface area contributed by atoms with Crippen molar-refractivity contribution in [3.8, 4) is 10.7 Å². The molecule has 0 fully saturated rings. The van der Waals surface area contributed by atoms with Gasteiger partial charge in [-0.15, -0.1) is 11.3 Å². The lowest BCUT2D eigenvalue weighted by Crippen LogP contribution is -2.09. The molecule has 0 aliphatic heterocycles. The number of para-hydroxylation sites is 2. The molecule has 0 aliphatic rings. The Morgan fingerprint density at radius 2 is 1.59 bits per heavy atom. The molecule has 3 aromatic carbocycles. The van der Waals surface area contributed by atoms with Gasteiger partial charge in [-0.25, -0.2) is 4.98 Å². The fraction of sp³-hybridized carbons (Fsp3) is 0.111. The monoisotopic (exact) mass is 465 g/mol. The van der Waals surface area contributed by atoms with Gasteiger partial charge in [0.15, 0.2) is 5.82 Å². The van der Waals surface area contributed by atoms with Crippen molar-refractivity contribution in [3.63, 3.8) is 0 Å². The van der Waals surface area contributed by atoms with Crippen LogP contribution in [-0.4, -0.2) is 15.5 Å². The molecule has 5 aromatic rings. The quantitative estimate of drug-likeness (QED) is 0.249. The zero-order valence-electron chi connectivity index (χ0n) is 18.7. The van der Waals surface area contributed by atoms with Gasteiger partial charge in [0.1, 0.15) is 0 Å². The Morgan fingerprint density at radius 1 is 0.882 bits per heavy atom. The Labute approximate surface area is 201 Å². The third-order valence-electron chi connectivity index (χ3n) is 5.31. The van der Waals surface area contributed by atoms with Crippen LogP contribution in [0, 0.1) is 0 Å². The van der Waals surface area contributed by atoms with Crippen molar-refractivity contribution in [3.05, 3.63) is 95.9 Å². The number of rotatable bonds is 7. The van der Waals surface area contributed by atoms with E-state index >= 15 is 0 Å². The molecule has 0 radical (unpaired) electrons. The Balaban J connectivity index is 1.31. The summed E-state index contributed by atoms with van der Waals surface area (Å²) in [7, 11) is 0. The SMILES string of the molecule is CCCn1c(-c2ccc(C(=O)Nc3ccc(N=Nc4ccccc4)cc3)s2)nc2ccccc21. The topological polar surface area (TPSA) is 71.6 Å². The van der Waals surface area contributed by atoms with Gasteiger partial charge in [-0.3, -0.25) is 4.79 Å². The summed E-state index contributed by atoms with van der Waals surface area (Å²) in [5.41, 5.74) is 4.30. The largest absolute Gasteiger partial charge is 0.323 e. The standard InChI is InChI=1S/C27H23N5OS/c1-2-18-32-23-11-7-6-10-22(23)29-26(32)24-16-17-25(34-24)27(33)28-19-12-14-21(15-13-19)31-30-20-8-4-3-5-9-20/h3-17H,2,18H2,1H3,(H,28,33).